The second-order valence-corrected chi connectivity index (χ2v) is 5.47. The Labute approximate surface area is 107 Å². The highest BCUT2D eigenvalue weighted by atomic mass is 15.0. The molecule has 0 saturated heterocycles. The first kappa shape index (κ1) is 11.7. The number of hydrogen-bond acceptors (Lipinski definition) is 3. The fourth-order valence-corrected chi connectivity index (χ4v) is 2.24. The Morgan fingerprint density at radius 3 is 3.06 bits per heavy atom. The molecule has 1 aromatic carbocycles. The second kappa shape index (κ2) is 4.37. The predicted octanol–water partition coefficient (Wildman–Crippen LogP) is 1.20. The molecule has 0 spiro atoms. The van der Waals surface area contributed by atoms with Crippen LogP contribution in [0.4, 0.5) is 0 Å². The standard InChI is InChI=1S/C14H20N4/c1-18-10-17-12-8-11(2-3-13(12)18)4-7-16-9-14(15)5-6-14/h2-3,8,10,16H,4-7,9,15H2,1H3. The second-order valence-electron chi connectivity index (χ2n) is 5.47. The van der Waals surface area contributed by atoms with Gasteiger partial charge in [0.1, 0.15) is 0 Å². The molecule has 4 heteroatoms. The van der Waals surface area contributed by atoms with E-state index in [9.17, 15) is 0 Å². The fourth-order valence-electron chi connectivity index (χ4n) is 2.24. The van der Waals surface area contributed by atoms with Gasteiger partial charge >= 0.3 is 0 Å². The highest BCUT2D eigenvalue weighted by molar-refractivity contribution is 5.75. The molecule has 1 saturated carbocycles. The summed E-state index contributed by atoms with van der Waals surface area (Å²) < 4.78 is 2.04. The van der Waals surface area contributed by atoms with Crippen molar-refractivity contribution in [1.82, 2.24) is 14.9 Å². The van der Waals surface area contributed by atoms with E-state index in [1.54, 1.807) is 0 Å². The van der Waals surface area contributed by atoms with E-state index in [0.717, 1.165) is 25.0 Å². The summed E-state index contributed by atoms with van der Waals surface area (Å²) in [6, 6.07) is 6.50. The Morgan fingerprint density at radius 1 is 1.44 bits per heavy atom. The third kappa shape index (κ3) is 2.40. The van der Waals surface area contributed by atoms with Crippen molar-refractivity contribution in [3.05, 3.63) is 30.1 Å². The van der Waals surface area contributed by atoms with E-state index < -0.39 is 0 Å². The van der Waals surface area contributed by atoms with Gasteiger partial charge < -0.3 is 15.6 Å². The molecule has 1 heterocycles. The van der Waals surface area contributed by atoms with Crippen LogP contribution in [0.1, 0.15) is 18.4 Å². The van der Waals surface area contributed by atoms with E-state index in [1.807, 2.05) is 17.9 Å². The van der Waals surface area contributed by atoms with Crippen LogP contribution >= 0.6 is 0 Å². The molecule has 2 aromatic rings. The van der Waals surface area contributed by atoms with E-state index in [0.29, 0.717) is 0 Å². The zero-order valence-electron chi connectivity index (χ0n) is 10.8. The van der Waals surface area contributed by atoms with Gasteiger partial charge in [0.15, 0.2) is 0 Å². The van der Waals surface area contributed by atoms with Crippen molar-refractivity contribution >= 4 is 11.0 Å². The van der Waals surface area contributed by atoms with Crippen molar-refractivity contribution < 1.29 is 0 Å². The van der Waals surface area contributed by atoms with Crippen molar-refractivity contribution in [2.45, 2.75) is 24.8 Å². The lowest BCUT2D eigenvalue weighted by Gasteiger charge is -2.10. The van der Waals surface area contributed by atoms with Gasteiger partial charge in [-0.05, 0) is 43.5 Å². The van der Waals surface area contributed by atoms with Gasteiger partial charge in [0.25, 0.3) is 0 Å². The van der Waals surface area contributed by atoms with Gasteiger partial charge in [0, 0.05) is 19.1 Å². The molecule has 1 fully saturated rings. The molecule has 1 aromatic heterocycles. The fraction of sp³-hybridized carbons (Fsp3) is 0.500. The van der Waals surface area contributed by atoms with Gasteiger partial charge in [0.2, 0.25) is 0 Å². The van der Waals surface area contributed by atoms with Crippen LogP contribution in [0.2, 0.25) is 0 Å². The van der Waals surface area contributed by atoms with Gasteiger partial charge in [-0.3, -0.25) is 0 Å². The topological polar surface area (TPSA) is 55.9 Å². The largest absolute Gasteiger partial charge is 0.334 e. The molecule has 3 N–H and O–H groups in total. The van der Waals surface area contributed by atoms with Crippen LogP contribution in [0.5, 0.6) is 0 Å². The molecular formula is C14H20N4. The molecule has 18 heavy (non-hydrogen) atoms. The number of hydrogen-bond donors (Lipinski definition) is 2. The van der Waals surface area contributed by atoms with Gasteiger partial charge in [-0.2, -0.15) is 0 Å². The van der Waals surface area contributed by atoms with E-state index in [-0.39, 0.29) is 5.54 Å². The zero-order valence-corrected chi connectivity index (χ0v) is 10.8. The molecule has 0 atom stereocenters. The molecule has 0 aliphatic heterocycles. The highest BCUT2D eigenvalue weighted by Gasteiger charge is 2.37. The quantitative estimate of drug-likeness (QED) is 0.777. The Morgan fingerprint density at radius 2 is 2.28 bits per heavy atom. The van der Waals surface area contributed by atoms with Gasteiger partial charge in [-0.15, -0.1) is 0 Å². The average Bonchev–Trinajstić information content (AvgIpc) is 2.99. The molecule has 1 aliphatic rings. The smallest absolute Gasteiger partial charge is 0.0955 e. The summed E-state index contributed by atoms with van der Waals surface area (Å²) in [7, 11) is 2.02. The number of aromatic nitrogens is 2. The Bertz CT molecular complexity index is 554. The summed E-state index contributed by atoms with van der Waals surface area (Å²) in [4.78, 5) is 4.38. The molecular weight excluding hydrogens is 224 g/mol. The maximum absolute atomic E-state index is 6.03. The maximum Gasteiger partial charge on any atom is 0.0955 e. The van der Waals surface area contributed by atoms with E-state index in [2.05, 4.69) is 28.5 Å². The van der Waals surface area contributed by atoms with Gasteiger partial charge in [0.05, 0.1) is 17.4 Å². The highest BCUT2D eigenvalue weighted by Crippen LogP contribution is 2.30. The first-order chi connectivity index (χ1) is 8.66. The first-order valence-corrected chi connectivity index (χ1v) is 6.56. The number of fused-ring (bicyclic) bond motifs is 1. The molecule has 0 radical (unpaired) electrons. The summed E-state index contributed by atoms with van der Waals surface area (Å²) in [5.41, 5.74) is 9.72. The molecule has 1 aliphatic carbocycles. The molecule has 0 unspecified atom stereocenters. The van der Waals surface area contributed by atoms with Crippen molar-refractivity contribution in [3.63, 3.8) is 0 Å². The number of nitrogens with zero attached hydrogens (tertiary/aromatic N) is 2. The van der Waals surface area contributed by atoms with Crippen LogP contribution in [0, 0.1) is 0 Å². The van der Waals surface area contributed by atoms with Crippen molar-refractivity contribution in [2.24, 2.45) is 12.8 Å². The van der Waals surface area contributed by atoms with Crippen molar-refractivity contribution in [3.8, 4) is 0 Å². The number of nitrogens with two attached hydrogens (primary N) is 1. The third-order valence-corrected chi connectivity index (χ3v) is 3.75. The minimum absolute atomic E-state index is 0.102. The predicted molar refractivity (Wildman–Crippen MR) is 73.4 cm³/mol. The van der Waals surface area contributed by atoms with Crippen LogP contribution in [0.25, 0.3) is 11.0 Å². The number of benzene rings is 1. The van der Waals surface area contributed by atoms with Crippen LogP contribution in [-0.2, 0) is 13.5 Å². The lowest BCUT2D eigenvalue weighted by molar-refractivity contribution is 0.571. The first-order valence-electron chi connectivity index (χ1n) is 6.56. The van der Waals surface area contributed by atoms with Crippen LogP contribution in [0.3, 0.4) is 0 Å². The third-order valence-electron chi connectivity index (χ3n) is 3.75. The summed E-state index contributed by atoms with van der Waals surface area (Å²) in [5, 5.41) is 3.44. The van der Waals surface area contributed by atoms with E-state index >= 15 is 0 Å². The Hall–Kier alpha value is -1.39. The Balaban J connectivity index is 1.57. The normalized spacial score (nSPS) is 17.2. The number of aryl methyl sites for hydroxylation is 1. The van der Waals surface area contributed by atoms with E-state index in [4.69, 9.17) is 5.73 Å². The number of rotatable bonds is 5. The molecule has 4 nitrogen and oxygen atoms in total. The zero-order chi connectivity index (χ0) is 12.6. The van der Waals surface area contributed by atoms with Crippen molar-refractivity contribution in [2.75, 3.05) is 13.1 Å². The van der Waals surface area contributed by atoms with Crippen molar-refractivity contribution in [1.29, 1.82) is 0 Å². The molecule has 0 amide bonds. The molecule has 0 bridgehead atoms. The van der Waals surface area contributed by atoms with Crippen LogP contribution < -0.4 is 11.1 Å². The lowest BCUT2D eigenvalue weighted by Crippen LogP contribution is -2.36. The SMILES string of the molecule is Cn1cnc2cc(CCNCC3(N)CC3)ccc21. The summed E-state index contributed by atoms with van der Waals surface area (Å²) >= 11 is 0. The van der Waals surface area contributed by atoms with Gasteiger partial charge in [-0.25, -0.2) is 4.98 Å². The Kier molecular flexibility index (Phi) is 2.84. The lowest BCUT2D eigenvalue weighted by atomic mass is 10.1. The number of imidazole rings is 1. The minimum Gasteiger partial charge on any atom is -0.334 e. The summed E-state index contributed by atoms with van der Waals surface area (Å²) in [6.45, 7) is 1.93. The molecule has 3 rings (SSSR count). The van der Waals surface area contributed by atoms with Crippen LogP contribution in [0.15, 0.2) is 24.5 Å². The average molecular weight is 244 g/mol. The van der Waals surface area contributed by atoms with E-state index in [1.165, 1.54) is 23.9 Å². The van der Waals surface area contributed by atoms with Gasteiger partial charge in [-0.1, -0.05) is 6.07 Å². The number of nitrogens with one attached hydrogen (secondary N) is 1. The minimum atomic E-state index is 0.102. The van der Waals surface area contributed by atoms with Crippen LogP contribution in [-0.4, -0.2) is 28.2 Å². The molecule has 96 valence electrons. The summed E-state index contributed by atoms with van der Waals surface area (Å²) in [5.74, 6) is 0. The summed E-state index contributed by atoms with van der Waals surface area (Å²) in [6.07, 6.45) is 5.22. The maximum atomic E-state index is 6.03. The monoisotopic (exact) mass is 244 g/mol.